The summed E-state index contributed by atoms with van der Waals surface area (Å²) >= 11 is 0. The van der Waals surface area contributed by atoms with Crippen LogP contribution in [0.2, 0.25) is 0 Å². The maximum absolute atomic E-state index is 13.2. The SMILES string of the molecule is CCCN(C1CCNC1)S(=O)(=O)Cc1cccc(F)c1.Cl. The third kappa shape index (κ3) is 4.92. The molecule has 0 aromatic heterocycles. The maximum Gasteiger partial charge on any atom is 0.218 e. The second-order valence-corrected chi connectivity index (χ2v) is 7.07. The van der Waals surface area contributed by atoms with Gasteiger partial charge >= 0.3 is 0 Å². The molecule has 0 spiro atoms. The average Bonchev–Trinajstić information content (AvgIpc) is 2.88. The van der Waals surface area contributed by atoms with Crippen LogP contribution in [0.3, 0.4) is 0 Å². The lowest BCUT2D eigenvalue weighted by molar-refractivity contribution is 0.334. The van der Waals surface area contributed by atoms with Crippen LogP contribution in [0.5, 0.6) is 0 Å². The lowest BCUT2D eigenvalue weighted by atomic mass is 10.2. The van der Waals surface area contributed by atoms with Gasteiger partial charge in [-0.05, 0) is 37.1 Å². The van der Waals surface area contributed by atoms with Crippen molar-refractivity contribution in [1.82, 2.24) is 9.62 Å². The minimum Gasteiger partial charge on any atom is -0.315 e. The van der Waals surface area contributed by atoms with Gasteiger partial charge in [0.25, 0.3) is 0 Å². The molecule has 1 heterocycles. The summed E-state index contributed by atoms with van der Waals surface area (Å²) < 4.78 is 39.9. The first-order chi connectivity index (χ1) is 9.53. The smallest absolute Gasteiger partial charge is 0.218 e. The third-order valence-electron chi connectivity index (χ3n) is 3.48. The molecule has 1 aromatic rings. The molecular weight excluding hydrogens is 315 g/mol. The van der Waals surface area contributed by atoms with Crippen molar-refractivity contribution in [2.75, 3.05) is 19.6 Å². The van der Waals surface area contributed by atoms with Gasteiger partial charge in [-0.3, -0.25) is 0 Å². The molecule has 1 N–H and O–H groups in total. The van der Waals surface area contributed by atoms with Gasteiger partial charge in [-0.15, -0.1) is 12.4 Å². The highest BCUT2D eigenvalue weighted by atomic mass is 35.5. The number of sulfonamides is 1. The number of hydrogen-bond donors (Lipinski definition) is 1. The molecule has 7 heteroatoms. The fourth-order valence-electron chi connectivity index (χ4n) is 2.57. The molecule has 0 aliphatic carbocycles. The Bertz CT molecular complexity index is 548. The predicted octanol–water partition coefficient (Wildman–Crippen LogP) is 2.15. The molecular formula is C14H22ClFN2O2S. The van der Waals surface area contributed by atoms with E-state index in [1.807, 2.05) is 6.92 Å². The molecule has 0 radical (unpaired) electrons. The zero-order valence-corrected chi connectivity index (χ0v) is 13.7. The van der Waals surface area contributed by atoms with Crippen LogP contribution in [0.25, 0.3) is 0 Å². The van der Waals surface area contributed by atoms with Gasteiger partial charge < -0.3 is 5.32 Å². The summed E-state index contributed by atoms with van der Waals surface area (Å²) in [6.07, 6.45) is 1.61. The highest BCUT2D eigenvalue weighted by molar-refractivity contribution is 7.88. The van der Waals surface area contributed by atoms with E-state index in [9.17, 15) is 12.8 Å². The highest BCUT2D eigenvalue weighted by Crippen LogP contribution is 2.18. The first-order valence-corrected chi connectivity index (χ1v) is 8.58. The molecule has 0 amide bonds. The van der Waals surface area contributed by atoms with Gasteiger partial charge in [0.1, 0.15) is 5.82 Å². The first kappa shape index (κ1) is 18.4. The third-order valence-corrected chi connectivity index (χ3v) is 5.37. The second-order valence-electron chi connectivity index (χ2n) is 5.14. The van der Waals surface area contributed by atoms with E-state index in [0.29, 0.717) is 18.7 Å². The van der Waals surface area contributed by atoms with Gasteiger partial charge in [0.2, 0.25) is 10.0 Å². The summed E-state index contributed by atoms with van der Waals surface area (Å²) in [5.41, 5.74) is 0.497. The largest absolute Gasteiger partial charge is 0.315 e. The number of hydrogen-bond acceptors (Lipinski definition) is 3. The van der Waals surface area contributed by atoms with Crippen LogP contribution in [0.15, 0.2) is 24.3 Å². The quantitative estimate of drug-likeness (QED) is 0.866. The van der Waals surface area contributed by atoms with Crippen molar-refractivity contribution in [3.63, 3.8) is 0 Å². The van der Waals surface area contributed by atoms with Crippen LogP contribution >= 0.6 is 12.4 Å². The van der Waals surface area contributed by atoms with Gasteiger partial charge in [-0.2, -0.15) is 4.31 Å². The molecule has 1 aromatic carbocycles. The lowest BCUT2D eigenvalue weighted by Crippen LogP contribution is -2.42. The zero-order valence-electron chi connectivity index (χ0n) is 12.1. The van der Waals surface area contributed by atoms with E-state index < -0.39 is 15.8 Å². The molecule has 1 unspecified atom stereocenters. The number of nitrogens with one attached hydrogen (secondary N) is 1. The molecule has 120 valence electrons. The number of nitrogens with zero attached hydrogens (tertiary/aromatic N) is 1. The lowest BCUT2D eigenvalue weighted by Gasteiger charge is -2.27. The fourth-order valence-corrected chi connectivity index (χ4v) is 4.44. The second kappa shape index (κ2) is 8.08. The van der Waals surface area contributed by atoms with Gasteiger partial charge in [-0.25, -0.2) is 12.8 Å². The van der Waals surface area contributed by atoms with E-state index in [1.54, 1.807) is 16.4 Å². The maximum atomic E-state index is 13.2. The van der Waals surface area contributed by atoms with Crippen molar-refractivity contribution in [1.29, 1.82) is 0 Å². The Morgan fingerprint density at radius 2 is 2.19 bits per heavy atom. The molecule has 0 bridgehead atoms. The Morgan fingerprint density at radius 3 is 2.76 bits per heavy atom. The zero-order chi connectivity index (χ0) is 14.6. The van der Waals surface area contributed by atoms with Gasteiger partial charge in [0.15, 0.2) is 0 Å². The van der Waals surface area contributed by atoms with Crippen molar-refractivity contribution in [2.24, 2.45) is 0 Å². The van der Waals surface area contributed by atoms with Crippen molar-refractivity contribution >= 4 is 22.4 Å². The van der Waals surface area contributed by atoms with Crippen LogP contribution in [-0.4, -0.2) is 38.4 Å². The molecule has 21 heavy (non-hydrogen) atoms. The summed E-state index contributed by atoms with van der Waals surface area (Å²) in [7, 11) is -3.41. The van der Waals surface area contributed by atoms with E-state index in [1.165, 1.54) is 12.1 Å². The van der Waals surface area contributed by atoms with E-state index in [4.69, 9.17) is 0 Å². The molecule has 1 atom stereocenters. The van der Waals surface area contributed by atoms with Gasteiger partial charge in [0, 0.05) is 19.1 Å². The summed E-state index contributed by atoms with van der Waals surface area (Å²) in [4.78, 5) is 0. The normalized spacial score (nSPS) is 18.7. The van der Waals surface area contributed by atoms with Crippen LogP contribution in [0, 0.1) is 5.82 Å². The fraction of sp³-hybridized carbons (Fsp3) is 0.571. The Labute approximate surface area is 132 Å². The first-order valence-electron chi connectivity index (χ1n) is 6.97. The van der Waals surface area contributed by atoms with Crippen LogP contribution in [0.4, 0.5) is 4.39 Å². The summed E-state index contributed by atoms with van der Waals surface area (Å²) in [5, 5.41) is 3.19. The molecule has 4 nitrogen and oxygen atoms in total. The molecule has 1 aliphatic heterocycles. The predicted molar refractivity (Wildman–Crippen MR) is 84.5 cm³/mol. The van der Waals surface area contributed by atoms with E-state index in [2.05, 4.69) is 5.32 Å². The Hall–Kier alpha value is -0.690. The summed E-state index contributed by atoms with van der Waals surface area (Å²) in [5.74, 6) is -0.538. The topological polar surface area (TPSA) is 49.4 Å². The molecule has 1 saturated heterocycles. The molecule has 0 saturated carbocycles. The Kier molecular flexibility index (Phi) is 7.06. The standard InChI is InChI=1S/C14H21FN2O2S.ClH/c1-2-8-17(14-6-7-16-10-14)20(18,19)11-12-4-3-5-13(15)9-12;/h3-5,9,14,16H,2,6-8,10-11H2,1H3;1H. The van der Waals surface area contributed by atoms with Crippen LogP contribution < -0.4 is 5.32 Å². The van der Waals surface area contributed by atoms with E-state index in [-0.39, 0.29) is 24.2 Å². The average molecular weight is 337 g/mol. The van der Waals surface area contributed by atoms with Crippen molar-refractivity contribution in [3.05, 3.63) is 35.6 Å². The monoisotopic (exact) mass is 336 g/mol. The molecule has 1 aliphatic rings. The number of benzene rings is 1. The minimum absolute atomic E-state index is 0. The van der Waals surface area contributed by atoms with Crippen molar-refractivity contribution in [2.45, 2.75) is 31.6 Å². The van der Waals surface area contributed by atoms with Crippen LogP contribution in [-0.2, 0) is 15.8 Å². The number of halogens is 2. The van der Waals surface area contributed by atoms with Crippen molar-refractivity contribution in [3.8, 4) is 0 Å². The summed E-state index contributed by atoms with van der Waals surface area (Å²) in [6, 6.07) is 5.82. The van der Waals surface area contributed by atoms with Crippen molar-refractivity contribution < 1.29 is 12.8 Å². The highest BCUT2D eigenvalue weighted by Gasteiger charge is 2.31. The van der Waals surface area contributed by atoms with Gasteiger partial charge in [0.05, 0.1) is 5.75 Å². The molecule has 2 rings (SSSR count). The molecule has 1 fully saturated rings. The van der Waals surface area contributed by atoms with E-state index >= 15 is 0 Å². The number of rotatable bonds is 6. The van der Waals surface area contributed by atoms with Gasteiger partial charge in [-0.1, -0.05) is 19.1 Å². The van der Waals surface area contributed by atoms with Crippen LogP contribution in [0.1, 0.15) is 25.3 Å². The minimum atomic E-state index is -3.41. The summed E-state index contributed by atoms with van der Waals surface area (Å²) in [6.45, 7) is 4.03. The Balaban J connectivity index is 0.00000220. The van der Waals surface area contributed by atoms with E-state index in [0.717, 1.165) is 19.4 Å². The Morgan fingerprint density at radius 1 is 1.43 bits per heavy atom.